The summed E-state index contributed by atoms with van der Waals surface area (Å²) in [5.74, 6) is 2.14. The van der Waals surface area contributed by atoms with Crippen molar-refractivity contribution in [1.82, 2.24) is 0 Å². The van der Waals surface area contributed by atoms with Crippen LogP contribution in [-0.2, 0) is 9.59 Å². The fourth-order valence-corrected chi connectivity index (χ4v) is 5.98. The number of carbonyl (C=O) groups excluding carboxylic acids is 2. The van der Waals surface area contributed by atoms with Crippen molar-refractivity contribution in [2.24, 2.45) is 28.6 Å². The number of rotatable bonds is 0. The van der Waals surface area contributed by atoms with Gasteiger partial charge in [-0.1, -0.05) is 32.1 Å². The van der Waals surface area contributed by atoms with Crippen LogP contribution in [0.15, 0.2) is 36.0 Å². The lowest BCUT2D eigenvalue weighted by molar-refractivity contribution is -0.131. The lowest BCUT2D eigenvalue weighted by atomic mass is 9.48. The lowest BCUT2D eigenvalue weighted by Crippen LogP contribution is -2.50. The Morgan fingerprint density at radius 2 is 1.95 bits per heavy atom. The van der Waals surface area contributed by atoms with Crippen LogP contribution in [0.4, 0.5) is 0 Å². The molecular formula is C20H24O2. The summed E-state index contributed by atoms with van der Waals surface area (Å²) in [5, 5.41) is 0. The van der Waals surface area contributed by atoms with Crippen LogP contribution in [0.5, 0.6) is 0 Å². The minimum absolute atomic E-state index is 0.0686. The van der Waals surface area contributed by atoms with Gasteiger partial charge in [-0.2, -0.15) is 0 Å². The molecule has 0 unspecified atom stereocenters. The van der Waals surface area contributed by atoms with Gasteiger partial charge in [0.05, 0.1) is 0 Å². The minimum Gasteiger partial charge on any atom is -0.299 e. The van der Waals surface area contributed by atoms with Gasteiger partial charge in [-0.15, -0.1) is 0 Å². The number of fused-ring (bicyclic) bond motifs is 5. The van der Waals surface area contributed by atoms with Crippen LogP contribution in [0.3, 0.4) is 0 Å². The second-order valence-electron chi connectivity index (χ2n) is 8.18. The molecule has 0 N–H and O–H groups in total. The van der Waals surface area contributed by atoms with Gasteiger partial charge in [0.2, 0.25) is 0 Å². The summed E-state index contributed by atoms with van der Waals surface area (Å²) in [6.07, 6.45) is 10.5. The molecule has 0 radical (unpaired) electrons. The molecule has 3 saturated carbocycles. The molecule has 0 heterocycles. The SMILES string of the molecule is C=C1C[C@@H]2[C@@H](CC[C@]3(C)C(=O)CC[C@H]23)[C@@]2(C)C=CC(=O)C=C12. The average Bonchev–Trinajstić information content (AvgIpc) is 2.77. The van der Waals surface area contributed by atoms with Crippen molar-refractivity contribution in [3.05, 3.63) is 36.0 Å². The summed E-state index contributed by atoms with van der Waals surface area (Å²) in [6.45, 7) is 8.75. The largest absolute Gasteiger partial charge is 0.299 e. The Kier molecular flexibility index (Phi) is 2.77. The van der Waals surface area contributed by atoms with Crippen molar-refractivity contribution in [3.8, 4) is 0 Å². The second kappa shape index (κ2) is 4.31. The molecule has 0 aromatic heterocycles. The van der Waals surface area contributed by atoms with E-state index in [9.17, 15) is 9.59 Å². The van der Waals surface area contributed by atoms with Gasteiger partial charge in [0.25, 0.3) is 0 Å². The Balaban J connectivity index is 1.78. The molecule has 4 rings (SSSR count). The number of hydrogen-bond acceptors (Lipinski definition) is 2. The highest BCUT2D eigenvalue weighted by Crippen LogP contribution is 2.64. The molecule has 0 amide bonds. The monoisotopic (exact) mass is 296 g/mol. The van der Waals surface area contributed by atoms with E-state index in [-0.39, 0.29) is 16.6 Å². The molecule has 116 valence electrons. The van der Waals surface area contributed by atoms with Crippen LogP contribution in [0.2, 0.25) is 0 Å². The van der Waals surface area contributed by atoms with Crippen molar-refractivity contribution < 1.29 is 9.59 Å². The summed E-state index contributed by atoms with van der Waals surface area (Å²) in [7, 11) is 0. The molecule has 0 aromatic carbocycles. The standard InChI is InChI=1S/C20H24O2/c1-12-10-14-15-4-5-18(22)20(15,3)9-7-16(14)19(2)8-6-13(21)11-17(12)19/h6,8,11,14-16H,1,4-5,7,9-10H2,2-3H3/t14-,15+,16+,19+,20-/m0/s1. The van der Waals surface area contributed by atoms with E-state index in [0.29, 0.717) is 23.5 Å². The van der Waals surface area contributed by atoms with Crippen LogP contribution in [0, 0.1) is 28.6 Å². The van der Waals surface area contributed by atoms with Crippen LogP contribution in [0.1, 0.15) is 46.0 Å². The number of carbonyl (C=O) groups is 2. The van der Waals surface area contributed by atoms with E-state index in [4.69, 9.17) is 0 Å². The Morgan fingerprint density at radius 1 is 1.18 bits per heavy atom. The van der Waals surface area contributed by atoms with E-state index in [2.05, 4.69) is 26.5 Å². The Morgan fingerprint density at radius 3 is 2.73 bits per heavy atom. The van der Waals surface area contributed by atoms with Gasteiger partial charge in [0, 0.05) is 17.3 Å². The number of ketones is 2. The van der Waals surface area contributed by atoms with Gasteiger partial charge >= 0.3 is 0 Å². The summed E-state index contributed by atoms with van der Waals surface area (Å²) in [4.78, 5) is 24.2. The van der Waals surface area contributed by atoms with Crippen LogP contribution in [-0.4, -0.2) is 11.6 Å². The fourth-order valence-electron chi connectivity index (χ4n) is 5.98. The lowest BCUT2D eigenvalue weighted by Gasteiger charge is -2.56. The first-order chi connectivity index (χ1) is 10.4. The molecule has 0 bridgehead atoms. The van der Waals surface area contributed by atoms with E-state index in [1.165, 1.54) is 0 Å². The zero-order chi connectivity index (χ0) is 15.7. The zero-order valence-corrected chi connectivity index (χ0v) is 13.5. The predicted octanol–water partition coefficient (Wildman–Crippen LogP) is 4.03. The smallest absolute Gasteiger partial charge is 0.178 e. The van der Waals surface area contributed by atoms with Gasteiger partial charge in [-0.25, -0.2) is 0 Å². The highest BCUT2D eigenvalue weighted by atomic mass is 16.1. The molecule has 3 fully saturated rings. The van der Waals surface area contributed by atoms with Gasteiger partial charge in [0.1, 0.15) is 5.78 Å². The third-order valence-electron chi connectivity index (χ3n) is 7.24. The van der Waals surface area contributed by atoms with Gasteiger partial charge in [0.15, 0.2) is 5.78 Å². The number of allylic oxidation sites excluding steroid dienone is 5. The van der Waals surface area contributed by atoms with Gasteiger partial charge in [-0.05, 0) is 61.2 Å². The normalized spacial score (nSPS) is 46.9. The molecule has 2 nitrogen and oxygen atoms in total. The number of Topliss-reactive ketones (excluding diaryl/α,β-unsaturated/α-hetero) is 1. The molecule has 2 heteroatoms. The van der Waals surface area contributed by atoms with Crippen LogP contribution in [0.25, 0.3) is 0 Å². The molecular weight excluding hydrogens is 272 g/mol. The van der Waals surface area contributed by atoms with E-state index >= 15 is 0 Å². The van der Waals surface area contributed by atoms with Crippen molar-refractivity contribution in [2.75, 3.05) is 0 Å². The summed E-state index contributed by atoms with van der Waals surface area (Å²) in [5.41, 5.74) is 2.09. The van der Waals surface area contributed by atoms with Gasteiger partial charge < -0.3 is 0 Å². The summed E-state index contributed by atoms with van der Waals surface area (Å²) in [6, 6.07) is 0. The Hall–Kier alpha value is -1.44. The maximum atomic E-state index is 12.4. The maximum Gasteiger partial charge on any atom is 0.178 e. The predicted molar refractivity (Wildman–Crippen MR) is 86.1 cm³/mol. The topological polar surface area (TPSA) is 34.1 Å². The van der Waals surface area contributed by atoms with Gasteiger partial charge in [-0.3, -0.25) is 9.59 Å². The Labute approximate surface area is 132 Å². The first-order valence-electron chi connectivity index (χ1n) is 8.53. The molecule has 4 aliphatic rings. The molecule has 0 spiro atoms. The highest BCUT2D eigenvalue weighted by Gasteiger charge is 2.59. The second-order valence-corrected chi connectivity index (χ2v) is 8.18. The molecule has 4 aliphatic carbocycles. The molecule has 5 atom stereocenters. The Bertz CT molecular complexity index is 653. The van der Waals surface area contributed by atoms with Crippen LogP contribution >= 0.6 is 0 Å². The summed E-state index contributed by atoms with van der Waals surface area (Å²) < 4.78 is 0. The summed E-state index contributed by atoms with van der Waals surface area (Å²) >= 11 is 0. The average molecular weight is 296 g/mol. The van der Waals surface area contributed by atoms with Crippen LogP contribution < -0.4 is 0 Å². The molecule has 22 heavy (non-hydrogen) atoms. The van der Waals surface area contributed by atoms with Crippen molar-refractivity contribution in [3.63, 3.8) is 0 Å². The third kappa shape index (κ3) is 1.61. The van der Waals surface area contributed by atoms with E-state index in [1.54, 1.807) is 12.2 Å². The van der Waals surface area contributed by atoms with Crippen molar-refractivity contribution in [2.45, 2.75) is 46.0 Å². The quantitative estimate of drug-likeness (QED) is 0.676. The minimum atomic E-state index is -0.104. The van der Waals surface area contributed by atoms with Crippen molar-refractivity contribution >= 4 is 11.6 Å². The van der Waals surface area contributed by atoms with E-state index in [0.717, 1.165) is 43.3 Å². The first-order valence-corrected chi connectivity index (χ1v) is 8.53. The number of hydrogen-bond donors (Lipinski definition) is 0. The fraction of sp³-hybridized carbons (Fsp3) is 0.600. The third-order valence-corrected chi connectivity index (χ3v) is 7.24. The highest BCUT2D eigenvalue weighted by molar-refractivity contribution is 6.02. The van der Waals surface area contributed by atoms with E-state index in [1.807, 2.05) is 0 Å². The van der Waals surface area contributed by atoms with Crippen molar-refractivity contribution in [1.29, 1.82) is 0 Å². The molecule has 0 aliphatic heterocycles. The molecule has 0 saturated heterocycles. The zero-order valence-electron chi connectivity index (χ0n) is 13.5. The maximum absolute atomic E-state index is 12.4. The first kappa shape index (κ1) is 14.2. The molecule has 0 aromatic rings. The van der Waals surface area contributed by atoms with E-state index < -0.39 is 0 Å².